The normalized spacial score (nSPS) is 21.1. The maximum atomic E-state index is 13.1. The van der Waals surface area contributed by atoms with E-state index in [4.69, 9.17) is 4.74 Å². The zero-order valence-corrected chi connectivity index (χ0v) is 16.8. The lowest BCUT2D eigenvalue weighted by atomic mass is 9.99. The monoisotopic (exact) mass is 420 g/mol. The van der Waals surface area contributed by atoms with Crippen molar-refractivity contribution >= 4 is 11.9 Å². The predicted molar refractivity (Wildman–Crippen MR) is 105 cm³/mol. The second-order valence-corrected chi connectivity index (χ2v) is 7.97. The highest BCUT2D eigenvalue weighted by atomic mass is 19.4. The number of amides is 1. The minimum Gasteiger partial charge on any atom is -0.483 e. The molecule has 2 unspecified atom stereocenters. The Morgan fingerprint density at radius 1 is 1.13 bits per heavy atom. The molecule has 3 heterocycles. The van der Waals surface area contributed by atoms with Gasteiger partial charge in [-0.1, -0.05) is 12.1 Å². The molecule has 30 heavy (non-hydrogen) atoms. The zero-order valence-electron chi connectivity index (χ0n) is 16.8. The van der Waals surface area contributed by atoms with Gasteiger partial charge in [-0.25, -0.2) is 9.97 Å². The number of para-hydroxylation sites is 1. The number of aromatic nitrogens is 2. The third kappa shape index (κ3) is 4.34. The predicted octanol–water partition coefficient (Wildman–Crippen LogP) is 3.39. The Bertz CT molecular complexity index is 930. The van der Waals surface area contributed by atoms with Crippen LogP contribution in [0.2, 0.25) is 0 Å². The number of aryl methyl sites for hydroxylation is 2. The van der Waals surface area contributed by atoms with Crippen molar-refractivity contribution < 1.29 is 22.7 Å². The summed E-state index contributed by atoms with van der Waals surface area (Å²) in [7, 11) is 0. The Labute approximate surface area is 172 Å². The fraction of sp³-hybridized carbons (Fsp3) is 0.476. The van der Waals surface area contributed by atoms with E-state index in [1.54, 1.807) is 17.0 Å². The van der Waals surface area contributed by atoms with Gasteiger partial charge in [0.15, 0.2) is 6.61 Å². The van der Waals surface area contributed by atoms with E-state index < -0.39 is 12.8 Å². The number of likely N-dealkylation sites (tertiary alicyclic amines) is 1. The highest BCUT2D eigenvalue weighted by molar-refractivity contribution is 5.97. The topological polar surface area (TPSA) is 58.6 Å². The second-order valence-electron chi connectivity index (χ2n) is 7.97. The summed E-state index contributed by atoms with van der Waals surface area (Å²) in [5.41, 5.74) is 1.93. The SMILES string of the molecule is Cc1cc(C)nc(N2CC3CC2CN(C(=O)c2ccccc2OCC(F)(F)F)C3)n1. The summed E-state index contributed by atoms with van der Waals surface area (Å²) in [4.78, 5) is 26.1. The van der Waals surface area contributed by atoms with E-state index in [0.717, 1.165) is 24.4 Å². The fourth-order valence-corrected chi connectivity index (χ4v) is 4.31. The van der Waals surface area contributed by atoms with Gasteiger partial charge in [-0.3, -0.25) is 4.79 Å². The van der Waals surface area contributed by atoms with Crippen LogP contribution in [-0.4, -0.2) is 59.2 Å². The Morgan fingerprint density at radius 2 is 1.83 bits per heavy atom. The van der Waals surface area contributed by atoms with Gasteiger partial charge in [-0.2, -0.15) is 13.2 Å². The van der Waals surface area contributed by atoms with Crippen LogP contribution < -0.4 is 9.64 Å². The highest BCUT2D eigenvalue weighted by Gasteiger charge is 2.42. The largest absolute Gasteiger partial charge is 0.483 e. The first-order chi connectivity index (χ1) is 14.2. The lowest BCUT2D eigenvalue weighted by Gasteiger charge is -2.33. The quantitative estimate of drug-likeness (QED) is 0.759. The van der Waals surface area contributed by atoms with Gasteiger partial charge < -0.3 is 14.5 Å². The summed E-state index contributed by atoms with van der Waals surface area (Å²) < 4.78 is 42.6. The van der Waals surface area contributed by atoms with E-state index in [1.165, 1.54) is 12.1 Å². The average molecular weight is 420 g/mol. The van der Waals surface area contributed by atoms with Gasteiger partial charge >= 0.3 is 6.18 Å². The number of fused-ring (bicyclic) bond motifs is 2. The molecule has 160 valence electrons. The standard InChI is InChI=1S/C21H23F3N4O2/c1-13-7-14(2)26-20(25-13)28-10-15-8-16(28)11-27(9-15)19(29)17-5-3-4-6-18(17)30-12-21(22,23)24/h3-7,15-16H,8-12H2,1-2H3. The number of benzene rings is 1. The molecular weight excluding hydrogens is 397 g/mol. The number of rotatable bonds is 4. The molecule has 2 aromatic rings. The van der Waals surface area contributed by atoms with Crippen molar-refractivity contribution in [3.63, 3.8) is 0 Å². The van der Waals surface area contributed by atoms with Crippen LogP contribution in [-0.2, 0) is 0 Å². The van der Waals surface area contributed by atoms with E-state index in [9.17, 15) is 18.0 Å². The van der Waals surface area contributed by atoms with Crippen LogP contribution in [0.5, 0.6) is 5.75 Å². The maximum absolute atomic E-state index is 13.1. The second kappa shape index (κ2) is 7.77. The van der Waals surface area contributed by atoms with Gasteiger partial charge in [0.1, 0.15) is 5.75 Å². The molecule has 0 N–H and O–H groups in total. The van der Waals surface area contributed by atoms with Gasteiger partial charge in [-0.15, -0.1) is 0 Å². The zero-order chi connectivity index (χ0) is 21.5. The summed E-state index contributed by atoms with van der Waals surface area (Å²) in [6.45, 7) is 4.19. The highest BCUT2D eigenvalue weighted by Crippen LogP contribution is 2.34. The maximum Gasteiger partial charge on any atom is 0.422 e. The molecule has 2 bridgehead atoms. The van der Waals surface area contributed by atoms with Crippen LogP contribution in [0.15, 0.2) is 30.3 Å². The van der Waals surface area contributed by atoms with Crippen LogP contribution >= 0.6 is 0 Å². The van der Waals surface area contributed by atoms with Crippen LogP contribution in [0.4, 0.5) is 19.1 Å². The molecular formula is C21H23F3N4O2. The van der Waals surface area contributed by atoms with E-state index in [1.807, 2.05) is 19.9 Å². The van der Waals surface area contributed by atoms with Crippen molar-refractivity contribution in [1.29, 1.82) is 0 Å². The molecule has 0 radical (unpaired) electrons. The molecule has 6 nitrogen and oxygen atoms in total. The number of hydrogen-bond donors (Lipinski definition) is 0. The summed E-state index contributed by atoms with van der Waals surface area (Å²) in [6, 6.07) is 8.09. The summed E-state index contributed by atoms with van der Waals surface area (Å²) in [5, 5.41) is 0. The Kier molecular flexibility index (Phi) is 5.29. The molecule has 0 saturated carbocycles. The van der Waals surface area contributed by atoms with Crippen molar-refractivity contribution in [2.75, 3.05) is 31.1 Å². The molecule has 1 amide bonds. The number of hydrogen-bond acceptors (Lipinski definition) is 5. The van der Waals surface area contributed by atoms with Crippen molar-refractivity contribution in [3.05, 3.63) is 47.3 Å². The van der Waals surface area contributed by atoms with Crippen molar-refractivity contribution in [1.82, 2.24) is 14.9 Å². The number of anilines is 1. The Morgan fingerprint density at radius 3 is 2.53 bits per heavy atom. The number of ether oxygens (including phenoxy) is 1. The molecule has 1 aromatic heterocycles. The van der Waals surface area contributed by atoms with E-state index >= 15 is 0 Å². The number of carbonyl (C=O) groups excluding carboxylic acids is 1. The van der Waals surface area contributed by atoms with Gasteiger partial charge in [0.25, 0.3) is 5.91 Å². The number of carbonyl (C=O) groups is 1. The molecule has 2 aliphatic heterocycles. The number of halogens is 3. The molecule has 0 aliphatic carbocycles. The average Bonchev–Trinajstić information content (AvgIpc) is 2.98. The van der Waals surface area contributed by atoms with Gasteiger partial charge in [0.05, 0.1) is 5.56 Å². The molecule has 2 aliphatic rings. The lowest BCUT2D eigenvalue weighted by molar-refractivity contribution is -0.153. The fourth-order valence-electron chi connectivity index (χ4n) is 4.31. The molecule has 2 fully saturated rings. The van der Waals surface area contributed by atoms with E-state index in [0.29, 0.717) is 19.0 Å². The van der Waals surface area contributed by atoms with Crippen molar-refractivity contribution in [2.45, 2.75) is 32.5 Å². The molecule has 0 spiro atoms. The van der Waals surface area contributed by atoms with E-state index in [2.05, 4.69) is 14.9 Å². The first-order valence-corrected chi connectivity index (χ1v) is 9.86. The van der Waals surface area contributed by atoms with Gasteiger partial charge in [0, 0.05) is 37.1 Å². The van der Waals surface area contributed by atoms with Crippen molar-refractivity contribution in [3.8, 4) is 5.75 Å². The molecule has 9 heteroatoms. The van der Waals surface area contributed by atoms with Gasteiger partial charge in [0.2, 0.25) is 5.95 Å². The van der Waals surface area contributed by atoms with Crippen LogP contribution in [0.3, 0.4) is 0 Å². The molecule has 2 atom stereocenters. The third-order valence-corrected chi connectivity index (χ3v) is 5.43. The smallest absolute Gasteiger partial charge is 0.422 e. The Balaban J connectivity index is 1.51. The van der Waals surface area contributed by atoms with Gasteiger partial charge in [-0.05, 0) is 44.4 Å². The number of nitrogens with zero attached hydrogens (tertiary/aromatic N) is 4. The minimum atomic E-state index is -4.47. The number of piperidine rings is 1. The summed E-state index contributed by atoms with van der Waals surface area (Å²) in [6.07, 6.45) is -3.53. The summed E-state index contributed by atoms with van der Waals surface area (Å²) >= 11 is 0. The molecule has 4 rings (SSSR count). The third-order valence-electron chi connectivity index (χ3n) is 5.43. The first-order valence-electron chi connectivity index (χ1n) is 9.86. The first kappa shape index (κ1) is 20.4. The van der Waals surface area contributed by atoms with E-state index in [-0.39, 0.29) is 29.2 Å². The molecule has 1 aromatic carbocycles. The lowest BCUT2D eigenvalue weighted by Crippen LogP contribution is -2.45. The van der Waals surface area contributed by atoms with Crippen LogP contribution in [0.25, 0.3) is 0 Å². The summed E-state index contributed by atoms with van der Waals surface area (Å²) in [5.74, 6) is 0.571. The number of alkyl halides is 3. The van der Waals surface area contributed by atoms with Crippen LogP contribution in [0, 0.1) is 19.8 Å². The van der Waals surface area contributed by atoms with Crippen LogP contribution in [0.1, 0.15) is 28.2 Å². The minimum absolute atomic E-state index is 0.0488. The van der Waals surface area contributed by atoms with Crippen molar-refractivity contribution in [2.24, 2.45) is 5.92 Å². The Hall–Kier alpha value is -2.84. The molecule has 2 saturated heterocycles.